The standard InChI is InChI=1S/C21H27F2NO3/c1-12(21-9-13-6-14(10-21)8-15(7-13)11-21)24-19(25)16-4-3-5-17(26-2)18(16)27-20(22)23/h3-5,12-15,20H,6-11H2,1-2H3,(H,24,25). The van der Waals surface area contributed by atoms with Crippen LogP contribution in [0.1, 0.15) is 55.8 Å². The van der Waals surface area contributed by atoms with Crippen molar-refractivity contribution < 1.29 is 23.0 Å². The number of hydrogen-bond acceptors (Lipinski definition) is 3. The Morgan fingerprint density at radius 1 is 1.15 bits per heavy atom. The van der Waals surface area contributed by atoms with Crippen molar-refractivity contribution in [1.29, 1.82) is 0 Å². The van der Waals surface area contributed by atoms with Crippen LogP contribution in [0, 0.1) is 23.2 Å². The number of alkyl halides is 2. The summed E-state index contributed by atoms with van der Waals surface area (Å²) in [6.45, 7) is -0.952. The second kappa shape index (κ2) is 6.95. The van der Waals surface area contributed by atoms with Crippen LogP contribution in [0.3, 0.4) is 0 Å². The van der Waals surface area contributed by atoms with Gasteiger partial charge in [0, 0.05) is 6.04 Å². The second-order valence-corrected chi connectivity index (χ2v) is 8.69. The third kappa shape index (κ3) is 3.39. The summed E-state index contributed by atoms with van der Waals surface area (Å²) < 4.78 is 35.4. The van der Waals surface area contributed by atoms with Crippen LogP contribution >= 0.6 is 0 Å². The highest BCUT2D eigenvalue weighted by molar-refractivity contribution is 5.98. The van der Waals surface area contributed by atoms with Crippen molar-refractivity contribution in [3.8, 4) is 11.5 Å². The zero-order chi connectivity index (χ0) is 19.2. The van der Waals surface area contributed by atoms with Crippen LogP contribution in [-0.4, -0.2) is 25.7 Å². The van der Waals surface area contributed by atoms with Crippen molar-refractivity contribution in [1.82, 2.24) is 5.32 Å². The smallest absolute Gasteiger partial charge is 0.387 e. The lowest BCUT2D eigenvalue weighted by atomic mass is 9.48. The molecule has 6 heteroatoms. The molecule has 148 valence electrons. The number of methoxy groups -OCH3 is 1. The molecule has 4 saturated carbocycles. The summed E-state index contributed by atoms with van der Waals surface area (Å²) in [7, 11) is 1.37. The minimum absolute atomic E-state index is 0.00370. The Balaban J connectivity index is 1.54. The molecule has 0 radical (unpaired) electrons. The van der Waals surface area contributed by atoms with Gasteiger partial charge >= 0.3 is 6.61 Å². The van der Waals surface area contributed by atoms with E-state index in [0.29, 0.717) is 0 Å². The molecule has 4 aliphatic rings. The number of ether oxygens (including phenoxy) is 2. The Hall–Kier alpha value is -1.85. The molecule has 1 N–H and O–H groups in total. The monoisotopic (exact) mass is 379 g/mol. The van der Waals surface area contributed by atoms with Gasteiger partial charge in [-0.2, -0.15) is 8.78 Å². The van der Waals surface area contributed by atoms with Crippen molar-refractivity contribution in [2.75, 3.05) is 7.11 Å². The molecule has 27 heavy (non-hydrogen) atoms. The van der Waals surface area contributed by atoms with Gasteiger partial charge in [0.15, 0.2) is 11.5 Å². The lowest BCUT2D eigenvalue weighted by Gasteiger charge is -2.59. The third-order valence-corrected chi connectivity index (χ3v) is 7.00. The third-order valence-electron chi connectivity index (χ3n) is 7.00. The van der Waals surface area contributed by atoms with Crippen LogP contribution in [0.25, 0.3) is 0 Å². The number of carbonyl (C=O) groups excluding carboxylic acids is 1. The Bertz CT molecular complexity index is 686. The molecule has 1 amide bonds. The van der Waals surface area contributed by atoms with Gasteiger partial charge in [0.2, 0.25) is 0 Å². The number of hydrogen-bond donors (Lipinski definition) is 1. The van der Waals surface area contributed by atoms with E-state index in [1.807, 2.05) is 0 Å². The fourth-order valence-corrected chi connectivity index (χ4v) is 6.20. The number of nitrogens with one attached hydrogen (secondary N) is 1. The van der Waals surface area contributed by atoms with E-state index < -0.39 is 6.61 Å². The van der Waals surface area contributed by atoms with Gasteiger partial charge in [0.05, 0.1) is 12.7 Å². The van der Waals surface area contributed by atoms with E-state index in [-0.39, 0.29) is 34.4 Å². The average molecular weight is 379 g/mol. The summed E-state index contributed by atoms with van der Waals surface area (Å²) in [5, 5.41) is 3.10. The molecule has 5 rings (SSSR count). The Morgan fingerprint density at radius 3 is 2.26 bits per heavy atom. The topological polar surface area (TPSA) is 47.6 Å². The van der Waals surface area contributed by atoms with Crippen LogP contribution in [0.2, 0.25) is 0 Å². The minimum Gasteiger partial charge on any atom is -0.493 e. The zero-order valence-electron chi connectivity index (χ0n) is 15.8. The number of amides is 1. The van der Waals surface area contributed by atoms with E-state index in [4.69, 9.17) is 4.74 Å². The summed E-state index contributed by atoms with van der Waals surface area (Å²) in [6, 6.07) is 4.63. The highest BCUT2D eigenvalue weighted by atomic mass is 19.3. The molecule has 4 nitrogen and oxygen atoms in total. The van der Waals surface area contributed by atoms with E-state index >= 15 is 0 Å². The van der Waals surface area contributed by atoms with Crippen LogP contribution in [-0.2, 0) is 0 Å². The van der Waals surface area contributed by atoms with E-state index in [9.17, 15) is 13.6 Å². The number of halogens is 2. The highest BCUT2D eigenvalue weighted by Crippen LogP contribution is 2.61. The first-order valence-electron chi connectivity index (χ1n) is 9.83. The lowest BCUT2D eigenvalue weighted by Crippen LogP contribution is -2.55. The van der Waals surface area contributed by atoms with E-state index in [2.05, 4.69) is 17.0 Å². The van der Waals surface area contributed by atoms with E-state index in [0.717, 1.165) is 17.8 Å². The Labute approximate surface area is 158 Å². The predicted molar refractivity (Wildman–Crippen MR) is 97.2 cm³/mol. The number of carbonyl (C=O) groups is 1. The van der Waals surface area contributed by atoms with Crippen molar-refractivity contribution in [3.63, 3.8) is 0 Å². The van der Waals surface area contributed by atoms with E-state index in [1.54, 1.807) is 6.07 Å². The van der Waals surface area contributed by atoms with Gasteiger partial charge in [-0.05, 0) is 80.8 Å². The van der Waals surface area contributed by atoms with Gasteiger partial charge < -0.3 is 14.8 Å². The Morgan fingerprint density at radius 2 is 1.74 bits per heavy atom. The van der Waals surface area contributed by atoms with Crippen LogP contribution in [0.4, 0.5) is 8.78 Å². The summed E-state index contributed by atoms with van der Waals surface area (Å²) in [5.74, 6) is 1.89. The quantitative estimate of drug-likeness (QED) is 0.784. The fraction of sp³-hybridized carbons (Fsp3) is 0.667. The van der Waals surface area contributed by atoms with Gasteiger partial charge in [0.1, 0.15) is 0 Å². The molecule has 4 fully saturated rings. The van der Waals surface area contributed by atoms with E-state index in [1.165, 1.54) is 57.8 Å². The molecule has 0 aromatic heterocycles. The average Bonchev–Trinajstić information content (AvgIpc) is 2.60. The molecule has 4 aliphatic carbocycles. The summed E-state index contributed by atoms with van der Waals surface area (Å²) in [6.07, 6.45) is 7.50. The first-order valence-corrected chi connectivity index (χ1v) is 9.83. The lowest BCUT2D eigenvalue weighted by molar-refractivity contribution is -0.0689. The normalized spacial score (nSPS) is 32.4. The Kier molecular flexibility index (Phi) is 4.77. The van der Waals surface area contributed by atoms with Crippen LogP contribution in [0.5, 0.6) is 11.5 Å². The van der Waals surface area contributed by atoms with Crippen LogP contribution < -0.4 is 14.8 Å². The maximum absolute atomic E-state index is 12.9. The maximum Gasteiger partial charge on any atom is 0.387 e. The van der Waals surface area contributed by atoms with Gasteiger partial charge in [-0.15, -0.1) is 0 Å². The molecule has 1 aromatic rings. The van der Waals surface area contributed by atoms with Gasteiger partial charge in [-0.25, -0.2) is 0 Å². The zero-order valence-corrected chi connectivity index (χ0v) is 15.8. The molecule has 0 aliphatic heterocycles. The van der Waals surface area contributed by atoms with Gasteiger partial charge in [0.25, 0.3) is 5.91 Å². The maximum atomic E-state index is 12.9. The summed E-state index contributed by atoms with van der Waals surface area (Å²) >= 11 is 0. The fourth-order valence-electron chi connectivity index (χ4n) is 6.20. The van der Waals surface area contributed by atoms with Crippen LogP contribution in [0.15, 0.2) is 18.2 Å². The summed E-state index contributed by atoms with van der Waals surface area (Å²) in [4.78, 5) is 12.9. The highest BCUT2D eigenvalue weighted by Gasteiger charge is 2.53. The number of para-hydroxylation sites is 1. The van der Waals surface area contributed by atoms with Crippen molar-refractivity contribution in [3.05, 3.63) is 23.8 Å². The number of benzene rings is 1. The molecule has 0 spiro atoms. The second-order valence-electron chi connectivity index (χ2n) is 8.69. The molecule has 1 aromatic carbocycles. The predicted octanol–water partition coefficient (Wildman–Crippen LogP) is 4.63. The minimum atomic E-state index is -3.02. The van der Waals surface area contributed by atoms with Crippen molar-refractivity contribution >= 4 is 5.91 Å². The summed E-state index contributed by atoms with van der Waals surface area (Å²) in [5.41, 5.74) is 0.235. The first kappa shape index (κ1) is 18.5. The molecule has 0 saturated heterocycles. The molecule has 0 heterocycles. The largest absolute Gasteiger partial charge is 0.493 e. The molecular formula is C21H27F2NO3. The van der Waals surface area contributed by atoms with Gasteiger partial charge in [-0.3, -0.25) is 4.79 Å². The SMILES string of the molecule is COc1cccc(C(=O)NC(C)C23CC4CC(CC(C4)C2)C3)c1OC(F)F. The number of rotatable bonds is 6. The molecule has 1 unspecified atom stereocenters. The molecule has 4 bridgehead atoms. The molecular weight excluding hydrogens is 352 g/mol. The van der Waals surface area contributed by atoms with Crippen molar-refractivity contribution in [2.45, 2.75) is 58.1 Å². The van der Waals surface area contributed by atoms with Crippen molar-refractivity contribution in [2.24, 2.45) is 23.2 Å². The van der Waals surface area contributed by atoms with Gasteiger partial charge in [-0.1, -0.05) is 6.07 Å². The first-order chi connectivity index (χ1) is 12.9. The molecule has 1 atom stereocenters.